The predicted molar refractivity (Wildman–Crippen MR) is 171 cm³/mol. The van der Waals surface area contributed by atoms with Crippen LogP contribution in [-0.4, -0.2) is 61.4 Å². The molecule has 8 nitrogen and oxygen atoms in total. The van der Waals surface area contributed by atoms with Gasteiger partial charge in [-0.05, 0) is 35.4 Å². The minimum atomic E-state index is -1.88. The molecule has 0 heterocycles. The van der Waals surface area contributed by atoms with E-state index in [0.717, 1.165) is 20.9 Å². The molecule has 10 heteroatoms. The summed E-state index contributed by atoms with van der Waals surface area (Å²) in [6.07, 6.45) is -5.24. The fourth-order valence-electron chi connectivity index (χ4n) is 5.49. The lowest BCUT2D eigenvalue weighted by Crippen LogP contribution is -2.73. The average molecular weight is 634 g/mol. The van der Waals surface area contributed by atoms with Crippen molar-refractivity contribution in [3.8, 4) is 0 Å². The van der Waals surface area contributed by atoms with Crippen LogP contribution in [0.1, 0.15) is 11.1 Å². The van der Waals surface area contributed by atoms with Crippen LogP contribution >= 0.6 is 23.5 Å². The Balaban J connectivity index is 1.55. The van der Waals surface area contributed by atoms with Crippen LogP contribution in [0.3, 0.4) is 0 Å². The van der Waals surface area contributed by atoms with Gasteiger partial charge in [0, 0.05) is 14.7 Å². The van der Waals surface area contributed by atoms with Gasteiger partial charge in [-0.25, -0.2) is 0 Å². The quantitative estimate of drug-likeness (QED) is 0.0766. The Labute approximate surface area is 265 Å². The molecule has 4 aromatic rings. The Hall–Kier alpha value is -3.22. The topological polar surface area (TPSA) is 122 Å². The van der Waals surface area contributed by atoms with Crippen LogP contribution in [0.5, 0.6) is 0 Å². The molecule has 1 fully saturated rings. The van der Waals surface area contributed by atoms with Gasteiger partial charge >= 0.3 is 0 Å². The summed E-state index contributed by atoms with van der Waals surface area (Å²) in [5.74, 6) is -1.16. The fourth-order valence-corrected chi connectivity index (χ4v) is 8.45. The molecule has 4 aromatic carbocycles. The van der Waals surface area contributed by atoms with Crippen molar-refractivity contribution in [2.75, 3.05) is 6.61 Å². The molecule has 0 saturated heterocycles. The molecule has 0 aliphatic heterocycles. The van der Waals surface area contributed by atoms with Gasteiger partial charge in [0.1, 0.15) is 11.7 Å². The standard InChI is InChI=1S/C34H35NO7S2/c36-30-29(35(39)40)28(33(43-26-17-9-3-10-18-26)44-27-19-11-4-12-20-27)31(37)34(32(30)38,42-22-25-15-7-2-8-16-25)23-41-21-24-13-5-1-6-14-24/h1-20,28-33,36-38H,21-23H2/t28?,29-,30?,31?,32?,34+/m1/s1. The van der Waals surface area contributed by atoms with Crippen LogP contribution in [0.15, 0.2) is 131 Å². The third-order valence-corrected chi connectivity index (χ3v) is 10.5. The molecule has 0 bridgehead atoms. The summed E-state index contributed by atoms with van der Waals surface area (Å²) >= 11 is 2.73. The number of rotatable bonds is 13. The molecular formula is C34H35NO7S2. The van der Waals surface area contributed by atoms with Crippen LogP contribution in [0.2, 0.25) is 0 Å². The minimum absolute atomic E-state index is 0.0193. The summed E-state index contributed by atoms with van der Waals surface area (Å²) in [6, 6.07) is 35.8. The second-order valence-electron chi connectivity index (χ2n) is 10.7. The smallest absolute Gasteiger partial charge is 0.248 e. The fraction of sp³-hybridized carbons (Fsp3) is 0.294. The number of nitro groups is 1. The lowest BCUT2D eigenvalue weighted by atomic mass is 9.69. The summed E-state index contributed by atoms with van der Waals surface area (Å²) < 4.78 is 11.8. The van der Waals surface area contributed by atoms with Crippen molar-refractivity contribution in [1.29, 1.82) is 0 Å². The van der Waals surface area contributed by atoms with Gasteiger partial charge in [0.15, 0.2) is 6.10 Å². The number of hydrogen-bond acceptors (Lipinski definition) is 9. The van der Waals surface area contributed by atoms with E-state index < -0.39 is 45.4 Å². The maximum atomic E-state index is 12.6. The third-order valence-electron chi connectivity index (χ3n) is 7.77. The molecule has 0 amide bonds. The Morgan fingerprint density at radius 3 is 1.64 bits per heavy atom. The molecule has 0 aromatic heterocycles. The predicted octanol–water partition coefficient (Wildman–Crippen LogP) is 5.43. The van der Waals surface area contributed by atoms with Crippen molar-refractivity contribution in [1.82, 2.24) is 0 Å². The number of thioether (sulfide) groups is 2. The van der Waals surface area contributed by atoms with Crippen molar-refractivity contribution in [3.63, 3.8) is 0 Å². The van der Waals surface area contributed by atoms with Crippen LogP contribution < -0.4 is 0 Å². The molecule has 4 unspecified atom stereocenters. The molecule has 1 aliphatic carbocycles. The molecule has 1 saturated carbocycles. The van der Waals surface area contributed by atoms with Gasteiger partial charge < -0.3 is 24.8 Å². The van der Waals surface area contributed by atoms with E-state index in [-0.39, 0.29) is 19.8 Å². The number of aliphatic hydroxyl groups is 3. The van der Waals surface area contributed by atoms with Crippen LogP contribution in [-0.2, 0) is 22.7 Å². The second-order valence-corrected chi connectivity index (χ2v) is 13.4. The summed E-state index contributed by atoms with van der Waals surface area (Å²) in [6.45, 7) is -0.181. The third kappa shape index (κ3) is 7.52. The van der Waals surface area contributed by atoms with Gasteiger partial charge in [0.05, 0.1) is 36.4 Å². The Morgan fingerprint density at radius 1 is 0.705 bits per heavy atom. The van der Waals surface area contributed by atoms with E-state index >= 15 is 0 Å². The minimum Gasteiger partial charge on any atom is -0.389 e. The van der Waals surface area contributed by atoms with Crippen molar-refractivity contribution in [3.05, 3.63) is 143 Å². The van der Waals surface area contributed by atoms with Crippen molar-refractivity contribution >= 4 is 23.5 Å². The highest BCUT2D eigenvalue weighted by molar-refractivity contribution is 8.17. The SMILES string of the molecule is O=[N+]([O-])[C@H]1C(O)C(O)[C@@](COCc2ccccc2)(OCc2ccccc2)C(O)C1C(Sc1ccccc1)Sc1ccccc1. The van der Waals surface area contributed by atoms with E-state index in [2.05, 4.69) is 0 Å². The Bertz CT molecular complexity index is 1410. The van der Waals surface area contributed by atoms with Crippen molar-refractivity contribution in [2.45, 2.75) is 57.5 Å². The van der Waals surface area contributed by atoms with E-state index in [4.69, 9.17) is 9.47 Å². The average Bonchev–Trinajstić information content (AvgIpc) is 3.05. The van der Waals surface area contributed by atoms with Gasteiger partial charge in [-0.1, -0.05) is 97.1 Å². The lowest BCUT2D eigenvalue weighted by Gasteiger charge is -2.51. The highest BCUT2D eigenvalue weighted by atomic mass is 32.2. The maximum Gasteiger partial charge on any atom is 0.248 e. The highest BCUT2D eigenvalue weighted by Crippen LogP contribution is 2.49. The van der Waals surface area contributed by atoms with Gasteiger partial charge in [-0.2, -0.15) is 0 Å². The van der Waals surface area contributed by atoms with Crippen LogP contribution in [0.25, 0.3) is 0 Å². The summed E-state index contributed by atoms with van der Waals surface area (Å²) in [5.41, 5.74) is -0.248. The molecule has 44 heavy (non-hydrogen) atoms. The number of hydrogen-bond donors (Lipinski definition) is 3. The van der Waals surface area contributed by atoms with Gasteiger partial charge in [-0.15, -0.1) is 23.5 Å². The first-order valence-corrected chi connectivity index (χ1v) is 16.1. The molecule has 6 atom stereocenters. The van der Waals surface area contributed by atoms with Crippen molar-refractivity contribution in [2.24, 2.45) is 5.92 Å². The normalized spacial score (nSPS) is 25.1. The second kappa shape index (κ2) is 15.2. The first-order chi connectivity index (χ1) is 21.4. The van der Waals surface area contributed by atoms with Crippen molar-refractivity contribution < 1.29 is 29.7 Å². The summed E-state index contributed by atoms with van der Waals surface area (Å²) in [4.78, 5) is 13.7. The molecule has 0 spiro atoms. The first kappa shape index (κ1) is 32.2. The maximum absolute atomic E-state index is 12.6. The van der Waals surface area contributed by atoms with E-state index in [1.165, 1.54) is 23.5 Å². The van der Waals surface area contributed by atoms with Gasteiger partial charge in [-0.3, -0.25) is 10.1 Å². The van der Waals surface area contributed by atoms with Gasteiger partial charge in [0.2, 0.25) is 6.04 Å². The number of benzene rings is 4. The zero-order valence-corrected chi connectivity index (χ0v) is 25.5. The van der Waals surface area contributed by atoms with E-state index in [0.29, 0.717) is 0 Å². The largest absolute Gasteiger partial charge is 0.389 e. The van der Waals surface area contributed by atoms with E-state index in [1.807, 2.05) is 121 Å². The molecule has 0 radical (unpaired) electrons. The zero-order valence-electron chi connectivity index (χ0n) is 23.9. The van der Waals surface area contributed by atoms with E-state index in [9.17, 15) is 25.4 Å². The number of ether oxygens (including phenoxy) is 2. The number of nitrogens with zero attached hydrogens (tertiary/aromatic N) is 1. The Morgan fingerprint density at radius 2 is 1.16 bits per heavy atom. The highest BCUT2D eigenvalue weighted by Gasteiger charge is 2.66. The molecule has 5 rings (SSSR count). The number of aliphatic hydroxyl groups excluding tert-OH is 3. The summed E-state index contributed by atoms with van der Waals surface area (Å²) in [5, 5.41) is 47.9. The summed E-state index contributed by atoms with van der Waals surface area (Å²) in [7, 11) is 0. The van der Waals surface area contributed by atoms with E-state index in [1.54, 1.807) is 0 Å². The molecule has 230 valence electrons. The molecular weight excluding hydrogens is 599 g/mol. The Kier molecular flexibility index (Phi) is 11.1. The zero-order chi connectivity index (χ0) is 30.9. The molecule has 3 N–H and O–H groups in total. The van der Waals surface area contributed by atoms with Crippen LogP contribution in [0, 0.1) is 16.0 Å². The first-order valence-electron chi connectivity index (χ1n) is 14.3. The molecule has 1 aliphatic rings. The monoisotopic (exact) mass is 633 g/mol. The van der Waals surface area contributed by atoms with Crippen LogP contribution in [0.4, 0.5) is 0 Å². The van der Waals surface area contributed by atoms with Gasteiger partial charge in [0.25, 0.3) is 0 Å². The lowest BCUT2D eigenvalue weighted by molar-refractivity contribution is -0.558.